The zero-order chi connectivity index (χ0) is 33.2. The number of aromatic nitrogens is 3. The van der Waals surface area contributed by atoms with Crippen LogP contribution in [-0.2, 0) is 0 Å². The Morgan fingerprint density at radius 3 is 2.24 bits per heavy atom. The van der Waals surface area contributed by atoms with Crippen LogP contribution in [-0.4, -0.2) is 15.0 Å². The van der Waals surface area contributed by atoms with E-state index >= 15 is 0 Å². The molecule has 0 atom stereocenters. The van der Waals surface area contributed by atoms with Gasteiger partial charge in [-0.2, -0.15) is 0 Å². The zero-order valence-corrected chi connectivity index (χ0v) is 28.0. The highest BCUT2D eigenvalue weighted by Crippen LogP contribution is 2.43. The van der Waals surface area contributed by atoms with Crippen LogP contribution < -0.4 is 0 Å². The normalized spacial score (nSPS) is 12.0. The molecule has 4 aromatic heterocycles. The van der Waals surface area contributed by atoms with Crippen LogP contribution in [0.4, 0.5) is 0 Å². The molecule has 0 spiro atoms. The molecule has 0 fully saturated rings. The smallest absolute Gasteiger partial charge is 0.0899 e. The molecule has 0 bridgehead atoms. The van der Waals surface area contributed by atoms with E-state index in [0.717, 1.165) is 68.1 Å². The fourth-order valence-corrected chi connectivity index (χ4v) is 7.70. The van der Waals surface area contributed by atoms with Crippen molar-refractivity contribution in [3.63, 3.8) is 0 Å². The number of fused-ring (bicyclic) bond motifs is 5. The molecule has 0 radical (unpaired) electrons. The lowest BCUT2D eigenvalue weighted by Crippen LogP contribution is -1.95. The van der Waals surface area contributed by atoms with Gasteiger partial charge in [0.25, 0.3) is 0 Å². The molecule has 4 heteroatoms. The molecule has 8 rings (SSSR count). The maximum absolute atomic E-state index is 5.25. The van der Waals surface area contributed by atoms with Gasteiger partial charge in [-0.15, -0.1) is 11.3 Å². The van der Waals surface area contributed by atoms with Crippen LogP contribution in [0.1, 0.15) is 19.0 Å². The number of pyridine rings is 3. The summed E-state index contributed by atoms with van der Waals surface area (Å²) in [6, 6.07) is 45.0. The molecular formula is C45H33N3S. The Kier molecular flexibility index (Phi) is 8.22. The maximum atomic E-state index is 5.25. The Morgan fingerprint density at radius 2 is 1.43 bits per heavy atom. The van der Waals surface area contributed by atoms with Gasteiger partial charge in [0, 0.05) is 32.6 Å². The number of thiophene rings is 1. The van der Waals surface area contributed by atoms with Crippen molar-refractivity contribution in [2.75, 3.05) is 0 Å². The van der Waals surface area contributed by atoms with E-state index in [1.54, 1.807) is 6.08 Å². The van der Waals surface area contributed by atoms with Crippen molar-refractivity contribution in [3.8, 4) is 44.9 Å². The number of benzene rings is 4. The topological polar surface area (TPSA) is 38.7 Å². The van der Waals surface area contributed by atoms with Gasteiger partial charge < -0.3 is 0 Å². The summed E-state index contributed by atoms with van der Waals surface area (Å²) in [6.07, 6.45) is 10.5. The van der Waals surface area contributed by atoms with E-state index in [4.69, 9.17) is 9.97 Å². The predicted molar refractivity (Wildman–Crippen MR) is 210 cm³/mol. The second kappa shape index (κ2) is 13.3. The van der Waals surface area contributed by atoms with Gasteiger partial charge in [0.05, 0.1) is 33.0 Å². The van der Waals surface area contributed by atoms with Crippen LogP contribution in [0.3, 0.4) is 0 Å². The van der Waals surface area contributed by atoms with Crippen molar-refractivity contribution in [2.45, 2.75) is 13.3 Å². The highest BCUT2D eigenvalue weighted by atomic mass is 32.1. The van der Waals surface area contributed by atoms with Crippen molar-refractivity contribution in [1.82, 2.24) is 15.0 Å². The van der Waals surface area contributed by atoms with Crippen LogP contribution in [0.25, 0.3) is 81.5 Å². The SMILES string of the molecule is C=C/C=C\C=C(/CC)c1cc(-c2cccc(-c3ccc4nc(-c5ccccc5)c5sc6ccccc6c5c4c3)c2)cc(-c2ccccn2)n1. The van der Waals surface area contributed by atoms with E-state index in [1.165, 1.54) is 25.6 Å². The van der Waals surface area contributed by atoms with Gasteiger partial charge in [-0.05, 0) is 82.8 Å². The molecule has 0 amide bonds. The molecule has 4 heterocycles. The van der Waals surface area contributed by atoms with Gasteiger partial charge in [0.1, 0.15) is 0 Å². The summed E-state index contributed by atoms with van der Waals surface area (Å²) in [5.74, 6) is 0. The Balaban J connectivity index is 1.28. The first-order chi connectivity index (χ1) is 24.2. The van der Waals surface area contributed by atoms with Crippen LogP contribution in [0, 0.1) is 0 Å². The zero-order valence-electron chi connectivity index (χ0n) is 27.2. The first-order valence-corrected chi connectivity index (χ1v) is 17.3. The van der Waals surface area contributed by atoms with E-state index < -0.39 is 0 Å². The molecule has 0 aliphatic heterocycles. The minimum absolute atomic E-state index is 0.850. The summed E-state index contributed by atoms with van der Waals surface area (Å²) >= 11 is 1.82. The third-order valence-electron chi connectivity index (χ3n) is 8.89. The molecule has 0 saturated carbocycles. The second-order valence-electron chi connectivity index (χ2n) is 11.9. The van der Waals surface area contributed by atoms with Crippen molar-refractivity contribution in [3.05, 3.63) is 170 Å². The van der Waals surface area contributed by atoms with Gasteiger partial charge >= 0.3 is 0 Å². The van der Waals surface area contributed by atoms with Crippen molar-refractivity contribution >= 4 is 48.0 Å². The van der Waals surface area contributed by atoms with Gasteiger partial charge in [-0.25, -0.2) is 9.97 Å². The molecular weight excluding hydrogens is 615 g/mol. The third kappa shape index (κ3) is 5.88. The molecule has 234 valence electrons. The number of allylic oxidation sites excluding steroid dienone is 5. The standard InChI is InChI=1S/C45H33N3S/c1-3-5-7-15-30(4-2)40-28-35(29-41(47-40)39-21-12-13-25-46-39)33-19-14-18-32(26-33)34-23-24-38-37(27-34)43-36-20-10-11-22-42(36)49-45(43)44(48-38)31-16-8-6-9-17-31/h3,5-29H,1,4H2,2H3/b7-5-,30-15+. The van der Waals surface area contributed by atoms with Gasteiger partial charge in [0.2, 0.25) is 0 Å². The fourth-order valence-electron chi connectivity index (χ4n) is 6.48. The number of hydrogen-bond acceptors (Lipinski definition) is 4. The van der Waals surface area contributed by atoms with E-state index in [0.29, 0.717) is 0 Å². The Labute approximate surface area is 290 Å². The summed E-state index contributed by atoms with van der Waals surface area (Å²) < 4.78 is 2.49. The Morgan fingerprint density at radius 1 is 0.653 bits per heavy atom. The lowest BCUT2D eigenvalue weighted by molar-refractivity contribution is 1.16. The van der Waals surface area contributed by atoms with E-state index in [9.17, 15) is 0 Å². The van der Waals surface area contributed by atoms with Crippen molar-refractivity contribution in [1.29, 1.82) is 0 Å². The molecule has 0 N–H and O–H groups in total. The minimum atomic E-state index is 0.850. The largest absolute Gasteiger partial charge is 0.255 e. The molecule has 0 unspecified atom stereocenters. The van der Waals surface area contributed by atoms with Crippen LogP contribution in [0.5, 0.6) is 0 Å². The van der Waals surface area contributed by atoms with Crippen LogP contribution in [0.2, 0.25) is 0 Å². The molecule has 0 saturated heterocycles. The molecule has 8 aromatic rings. The van der Waals surface area contributed by atoms with Crippen molar-refractivity contribution in [2.24, 2.45) is 0 Å². The van der Waals surface area contributed by atoms with Crippen molar-refractivity contribution < 1.29 is 0 Å². The third-order valence-corrected chi connectivity index (χ3v) is 10.1. The molecule has 49 heavy (non-hydrogen) atoms. The lowest BCUT2D eigenvalue weighted by atomic mass is 9.95. The van der Waals surface area contributed by atoms with Gasteiger partial charge in [-0.1, -0.05) is 117 Å². The summed E-state index contributed by atoms with van der Waals surface area (Å²) in [7, 11) is 0. The quantitative estimate of drug-likeness (QED) is 0.154. The monoisotopic (exact) mass is 647 g/mol. The summed E-state index contributed by atoms with van der Waals surface area (Å²) in [4.78, 5) is 15.0. The molecule has 3 nitrogen and oxygen atoms in total. The minimum Gasteiger partial charge on any atom is -0.255 e. The molecule has 0 aliphatic rings. The highest BCUT2D eigenvalue weighted by molar-refractivity contribution is 7.26. The number of hydrogen-bond donors (Lipinski definition) is 0. The molecule has 0 aliphatic carbocycles. The highest BCUT2D eigenvalue weighted by Gasteiger charge is 2.17. The first kappa shape index (κ1) is 30.4. The van der Waals surface area contributed by atoms with E-state index in [1.807, 2.05) is 47.9 Å². The number of nitrogens with zero attached hydrogens (tertiary/aromatic N) is 3. The number of rotatable bonds is 8. The second-order valence-corrected chi connectivity index (χ2v) is 13.0. The van der Waals surface area contributed by atoms with E-state index in [2.05, 4.69) is 134 Å². The average molecular weight is 648 g/mol. The first-order valence-electron chi connectivity index (χ1n) is 16.5. The summed E-state index contributed by atoms with van der Waals surface area (Å²) in [5, 5.41) is 3.71. The van der Waals surface area contributed by atoms with Crippen LogP contribution >= 0.6 is 11.3 Å². The Bertz CT molecular complexity index is 2540. The average Bonchev–Trinajstić information content (AvgIpc) is 3.57. The lowest BCUT2D eigenvalue weighted by Gasteiger charge is -2.13. The Hall–Kier alpha value is -5.97. The summed E-state index contributed by atoms with van der Waals surface area (Å²) in [6.45, 7) is 5.97. The summed E-state index contributed by atoms with van der Waals surface area (Å²) in [5.41, 5.74) is 11.5. The van der Waals surface area contributed by atoms with Crippen LogP contribution in [0.15, 0.2) is 164 Å². The van der Waals surface area contributed by atoms with Gasteiger partial charge in [-0.3, -0.25) is 4.98 Å². The fraction of sp³-hybridized carbons (Fsp3) is 0.0444. The van der Waals surface area contributed by atoms with E-state index in [-0.39, 0.29) is 0 Å². The molecule has 4 aromatic carbocycles. The predicted octanol–water partition coefficient (Wildman–Crippen LogP) is 12.6. The maximum Gasteiger partial charge on any atom is 0.0899 e. The van der Waals surface area contributed by atoms with Gasteiger partial charge in [0.15, 0.2) is 0 Å².